The molecule has 2 N–H and O–H groups in total. The largest absolute Gasteiger partial charge is 0.497 e. The number of carbonyl (C=O) groups is 1. The van der Waals surface area contributed by atoms with Gasteiger partial charge in [0.1, 0.15) is 11.9 Å². The topological polar surface area (TPSA) is 82.4 Å². The van der Waals surface area contributed by atoms with Crippen molar-refractivity contribution in [2.75, 3.05) is 7.11 Å². The number of hydrogen-bond donors (Lipinski definition) is 2. The lowest BCUT2D eigenvalue weighted by Gasteiger charge is -2.30. The number of aliphatic hydroxyl groups is 2. The highest BCUT2D eigenvalue weighted by molar-refractivity contribution is 6.07. The minimum atomic E-state index is -1.13. The maximum absolute atomic E-state index is 12.7. The molecule has 0 aromatic heterocycles. The number of aliphatic hydroxyl groups excluding tert-OH is 2. The molecule has 2 aliphatic rings. The van der Waals surface area contributed by atoms with Crippen LogP contribution in [0.2, 0.25) is 0 Å². The fraction of sp³-hybridized carbons (Fsp3) is 0.364. The molecule has 0 saturated carbocycles. The van der Waals surface area contributed by atoms with E-state index >= 15 is 0 Å². The Morgan fingerprint density at radius 1 is 1.29 bits per heavy atom. The second-order valence-corrected chi connectivity index (χ2v) is 7.36. The van der Waals surface area contributed by atoms with Crippen molar-refractivity contribution in [1.29, 1.82) is 0 Å². The van der Waals surface area contributed by atoms with Crippen molar-refractivity contribution in [3.63, 3.8) is 0 Å². The van der Waals surface area contributed by atoms with E-state index in [0.717, 1.165) is 41.0 Å². The molecule has 1 aliphatic heterocycles. The minimum Gasteiger partial charge on any atom is -0.497 e. The van der Waals surface area contributed by atoms with E-state index in [1.54, 1.807) is 7.11 Å². The number of aryl methyl sites for hydroxylation is 1. The van der Waals surface area contributed by atoms with Gasteiger partial charge in [0.2, 0.25) is 0 Å². The van der Waals surface area contributed by atoms with E-state index in [2.05, 4.69) is 5.10 Å². The Labute approximate surface area is 164 Å². The van der Waals surface area contributed by atoms with E-state index in [0.29, 0.717) is 0 Å². The number of amides is 1. The number of ether oxygens (including phenoxy) is 1. The van der Waals surface area contributed by atoms with Gasteiger partial charge in [0.25, 0.3) is 5.91 Å². The van der Waals surface area contributed by atoms with Gasteiger partial charge in [0.15, 0.2) is 0 Å². The van der Waals surface area contributed by atoms with Crippen LogP contribution in [0.1, 0.15) is 41.6 Å². The van der Waals surface area contributed by atoms with Gasteiger partial charge in [-0.15, -0.1) is 0 Å². The molecule has 146 valence electrons. The number of nitrogens with zero attached hydrogens (tertiary/aromatic N) is 2. The van der Waals surface area contributed by atoms with Crippen molar-refractivity contribution >= 4 is 11.6 Å². The third-order valence-corrected chi connectivity index (χ3v) is 5.61. The highest BCUT2D eigenvalue weighted by atomic mass is 16.5. The van der Waals surface area contributed by atoms with Crippen LogP contribution in [-0.4, -0.2) is 40.1 Å². The van der Waals surface area contributed by atoms with Crippen LogP contribution in [0.15, 0.2) is 47.6 Å². The van der Waals surface area contributed by atoms with Crippen molar-refractivity contribution < 1.29 is 19.7 Å². The normalized spacial score (nSPS) is 21.6. The van der Waals surface area contributed by atoms with Gasteiger partial charge in [-0.3, -0.25) is 4.79 Å². The van der Waals surface area contributed by atoms with Crippen molar-refractivity contribution in [1.82, 2.24) is 5.01 Å². The Morgan fingerprint density at radius 3 is 2.68 bits per heavy atom. The standard InChI is InChI=1S/C22H24N2O4/c1-13(26)22(27)24-21(16-5-8-17(28-2)9-6-16)18-10-7-15-4-3-14(12-25)11-19(15)20(18)23-24/h3-6,8-9,11,13,18,21,25-26H,7,10,12H2,1-2H3/t13-,18+,21+/m0/s1. The molecule has 2 aromatic carbocycles. The molecular formula is C22H24N2O4. The van der Waals surface area contributed by atoms with Gasteiger partial charge in [0.05, 0.1) is 25.5 Å². The summed E-state index contributed by atoms with van der Waals surface area (Å²) in [6.07, 6.45) is 0.618. The lowest BCUT2D eigenvalue weighted by Crippen LogP contribution is -2.37. The van der Waals surface area contributed by atoms with E-state index in [1.165, 1.54) is 17.5 Å². The number of benzene rings is 2. The SMILES string of the molecule is COc1ccc([C@@H]2[C@@H]3CCc4ccc(CO)cc4C3=NN2C(=O)[C@H](C)O)cc1. The molecule has 1 heterocycles. The second-order valence-electron chi connectivity index (χ2n) is 7.36. The summed E-state index contributed by atoms with van der Waals surface area (Å²) < 4.78 is 5.25. The third-order valence-electron chi connectivity index (χ3n) is 5.61. The molecule has 0 fully saturated rings. The van der Waals surface area contributed by atoms with Crippen LogP contribution in [0, 0.1) is 5.92 Å². The van der Waals surface area contributed by atoms with E-state index < -0.39 is 12.0 Å². The van der Waals surface area contributed by atoms with Crippen LogP contribution in [0.5, 0.6) is 5.75 Å². The first-order valence-electron chi connectivity index (χ1n) is 9.50. The molecule has 4 rings (SSSR count). The van der Waals surface area contributed by atoms with Gasteiger partial charge in [-0.1, -0.05) is 24.3 Å². The maximum Gasteiger partial charge on any atom is 0.271 e. The van der Waals surface area contributed by atoms with Gasteiger partial charge < -0.3 is 14.9 Å². The minimum absolute atomic E-state index is 0.0382. The fourth-order valence-electron chi connectivity index (χ4n) is 4.16. The van der Waals surface area contributed by atoms with E-state index in [4.69, 9.17) is 4.74 Å². The number of fused-ring (bicyclic) bond motifs is 3. The molecule has 0 unspecified atom stereocenters. The van der Waals surface area contributed by atoms with Crippen LogP contribution in [0.25, 0.3) is 0 Å². The molecule has 6 heteroatoms. The summed E-state index contributed by atoms with van der Waals surface area (Å²) in [4.78, 5) is 12.7. The van der Waals surface area contributed by atoms with Crippen molar-refractivity contribution in [2.45, 2.75) is 38.5 Å². The molecule has 0 radical (unpaired) electrons. The van der Waals surface area contributed by atoms with Crippen molar-refractivity contribution in [3.05, 3.63) is 64.7 Å². The molecular weight excluding hydrogens is 356 g/mol. The molecule has 6 nitrogen and oxygen atoms in total. The van der Waals surface area contributed by atoms with Gasteiger partial charge in [-0.05, 0) is 54.7 Å². The third kappa shape index (κ3) is 3.08. The number of carbonyl (C=O) groups excluding carboxylic acids is 1. The molecule has 0 spiro atoms. The van der Waals surface area contributed by atoms with E-state index in [9.17, 15) is 15.0 Å². The van der Waals surface area contributed by atoms with E-state index in [-0.39, 0.29) is 18.6 Å². The highest BCUT2D eigenvalue weighted by Gasteiger charge is 2.44. The first-order valence-corrected chi connectivity index (χ1v) is 9.50. The number of hydrazone groups is 1. The van der Waals surface area contributed by atoms with E-state index in [1.807, 2.05) is 42.5 Å². The van der Waals surface area contributed by atoms with Crippen molar-refractivity contribution in [3.8, 4) is 5.75 Å². The first kappa shape index (κ1) is 18.7. The number of rotatable bonds is 4. The fourth-order valence-corrected chi connectivity index (χ4v) is 4.16. The predicted molar refractivity (Wildman–Crippen MR) is 105 cm³/mol. The van der Waals surface area contributed by atoms with Gasteiger partial charge >= 0.3 is 0 Å². The van der Waals surface area contributed by atoms with Crippen molar-refractivity contribution in [2.24, 2.45) is 11.0 Å². The molecule has 0 bridgehead atoms. The summed E-state index contributed by atoms with van der Waals surface area (Å²) >= 11 is 0. The Hall–Kier alpha value is -2.70. The highest BCUT2D eigenvalue weighted by Crippen LogP contribution is 2.44. The van der Waals surface area contributed by atoms with Gasteiger partial charge in [-0.2, -0.15) is 5.10 Å². The predicted octanol–water partition coefficient (Wildman–Crippen LogP) is 2.42. The Morgan fingerprint density at radius 2 is 2.04 bits per heavy atom. The lowest BCUT2D eigenvalue weighted by molar-refractivity contribution is -0.141. The average Bonchev–Trinajstić information content (AvgIpc) is 3.12. The van der Waals surface area contributed by atoms with Crippen LogP contribution in [0.4, 0.5) is 0 Å². The summed E-state index contributed by atoms with van der Waals surface area (Å²) in [6.45, 7) is 1.43. The monoisotopic (exact) mass is 380 g/mol. The van der Waals surface area contributed by atoms with Crippen LogP contribution < -0.4 is 4.74 Å². The summed E-state index contributed by atoms with van der Waals surface area (Å²) in [5.74, 6) is 0.373. The first-order chi connectivity index (χ1) is 13.5. The summed E-state index contributed by atoms with van der Waals surface area (Å²) in [5.41, 5.74) is 4.80. The molecule has 1 aliphatic carbocycles. The Balaban J connectivity index is 1.79. The zero-order valence-electron chi connectivity index (χ0n) is 16.0. The van der Waals surface area contributed by atoms with Crippen LogP contribution in [-0.2, 0) is 17.8 Å². The zero-order valence-corrected chi connectivity index (χ0v) is 16.0. The second kappa shape index (κ2) is 7.37. The maximum atomic E-state index is 12.7. The molecule has 28 heavy (non-hydrogen) atoms. The number of hydrogen-bond acceptors (Lipinski definition) is 5. The Bertz CT molecular complexity index is 921. The molecule has 2 aromatic rings. The summed E-state index contributed by atoms with van der Waals surface area (Å²) in [5, 5.41) is 25.6. The van der Waals surface area contributed by atoms with Crippen LogP contribution >= 0.6 is 0 Å². The quantitative estimate of drug-likeness (QED) is 0.853. The van der Waals surface area contributed by atoms with Gasteiger partial charge in [-0.25, -0.2) is 5.01 Å². The molecule has 0 saturated heterocycles. The Kier molecular flexibility index (Phi) is 4.91. The lowest BCUT2D eigenvalue weighted by atomic mass is 9.77. The number of methoxy groups -OCH3 is 1. The van der Waals surface area contributed by atoms with Gasteiger partial charge in [0, 0.05) is 11.5 Å². The smallest absolute Gasteiger partial charge is 0.271 e. The summed E-state index contributed by atoms with van der Waals surface area (Å²) in [7, 11) is 1.62. The molecule has 3 atom stereocenters. The van der Waals surface area contributed by atoms with Crippen LogP contribution in [0.3, 0.4) is 0 Å². The summed E-state index contributed by atoms with van der Waals surface area (Å²) in [6, 6.07) is 13.3. The molecule has 1 amide bonds. The average molecular weight is 380 g/mol. The zero-order chi connectivity index (χ0) is 19.8.